The van der Waals surface area contributed by atoms with Crippen molar-refractivity contribution in [3.63, 3.8) is 0 Å². The van der Waals surface area contributed by atoms with Crippen LogP contribution in [0.2, 0.25) is 10.0 Å². The maximum atomic E-state index is 12.8. The fourth-order valence-electron chi connectivity index (χ4n) is 2.75. The van der Waals surface area contributed by atoms with Crippen LogP contribution in [-0.2, 0) is 22.0 Å². The minimum atomic E-state index is -3.88. The zero-order valence-electron chi connectivity index (χ0n) is 15.7. The Morgan fingerprint density at radius 1 is 1.07 bits per heavy atom. The number of aromatic amines is 1. The minimum absolute atomic E-state index is 0.138. The van der Waals surface area contributed by atoms with Crippen LogP contribution in [0.3, 0.4) is 0 Å². The van der Waals surface area contributed by atoms with Gasteiger partial charge in [-0.25, -0.2) is 13.4 Å². The van der Waals surface area contributed by atoms with Gasteiger partial charge in [-0.2, -0.15) is 0 Å². The topological polar surface area (TPSA) is 89.1 Å². The lowest BCUT2D eigenvalue weighted by Gasteiger charge is -2.11. The van der Waals surface area contributed by atoms with Crippen molar-refractivity contribution in [2.75, 3.05) is 7.11 Å². The van der Waals surface area contributed by atoms with Gasteiger partial charge < -0.3 is 4.74 Å². The van der Waals surface area contributed by atoms with Crippen molar-refractivity contribution in [3.8, 4) is 5.75 Å². The average Bonchev–Trinajstić information content (AvgIpc) is 2.68. The summed E-state index contributed by atoms with van der Waals surface area (Å²) >= 11 is 12.4. The number of nitrogens with one attached hydrogen (secondary N) is 1. The molecule has 1 aromatic heterocycles. The minimum Gasteiger partial charge on any atom is -0.497 e. The van der Waals surface area contributed by atoms with Crippen LogP contribution in [0.4, 0.5) is 0 Å². The van der Waals surface area contributed by atoms with Gasteiger partial charge in [0.05, 0.1) is 18.6 Å². The van der Waals surface area contributed by atoms with Crippen molar-refractivity contribution in [2.45, 2.75) is 24.3 Å². The summed E-state index contributed by atoms with van der Waals surface area (Å²) in [5.41, 5.74) is 1.22. The van der Waals surface area contributed by atoms with E-state index in [4.69, 9.17) is 27.9 Å². The number of rotatable bonds is 6. The molecule has 0 aliphatic heterocycles. The van der Waals surface area contributed by atoms with E-state index in [1.165, 1.54) is 7.11 Å². The van der Waals surface area contributed by atoms with E-state index < -0.39 is 15.4 Å². The van der Waals surface area contributed by atoms with Gasteiger partial charge >= 0.3 is 0 Å². The molecule has 1 heterocycles. The molecule has 3 rings (SSSR count). The van der Waals surface area contributed by atoms with Gasteiger partial charge in [-0.3, -0.25) is 9.78 Å². The molecule has 0 aliphatic rings. The lowest BCUT2D eigenvalue weighted by molar-refractivity contribution is 0.414. The highest BCUT2D eigenvalue weighted by molar-refractivity contribution is 7.90. The quantitative estimate of drug-likeness (QED) is 0.571. The number of H-pyrrole nitrogens is 1. The van der Waals surface area contributed by atoms with Crippen LogP contribution in [0.15, 0.2) is 52.4 Å². The molecule has 0 amide bonds. The smallest absolute Gasteiger partial charge is 0.254 e. The zero-order chi connectivity index (χ0) is 21.2. The van der Waals surface area contributed by atoms with Crippen molar-refractivity contribution >= 4 is 33.0 Å². The summed E-state index contributed by atoms with van der Waals surface area (Å²) in [6.45, 7) is 1.58. The van der Waals surface area contributed by atoms with Crippen LogP contribution in [0, 0.1) is 6.92 Å². The molecule has 152 valence electrons. The second kappa shape index (κ2) is 8.57. The molecule has 3 aromatic rings. The highest BCUT2D eigenvalue weighted by Gasteiger charge is 2.22. The summed E-state index contributed by atoms with van der Waals surface area (Å²) in [7, 11) is -2.35. The van der Waals surface area contributed by atoms with Crippen molar-refractivity contribution in [1.29, 1.82) is 0 Å². The monoisotopic (exact) mass is 452 g/mol. The third-order valence-electron chi connectivity index (χ3n) is 4.45. The Morgan fingerprint density at radius 2 is 1.69 bits per heavy atom. The van der Waals surface area contributed by atoms with Crippen LogP contribution >= 0.6 is 23.2 Å². The van der Waals surface area contributed by atoms with Crippen molar-refractivity contribution in [1.82, 2.24) is 9.97 Å². The van der Waals surface area contributed by atoms with E-state index in [0.717, 1.165) is 0 Å². The van der Waals surface area contributed by atoms with E-state index in [1.54, 1.807) is 49.4 Å². The van der Waals surface area contributed by atoms with Gasteiger partial charge in [0.1, 0.15) is 5.75 Å². The highest BCUT2D eigenvalue weighted by Crippen LogP contribution is 2.27. The molecule has 6 nitrogen and oxygen atoms in total. The van der Waals surface area contributed by atoms with E-state index in [0.29, 0.717) is 38.2 Å². The lowest BCUT2D eigenvalue weighted by atomic mass is 10.1. The molecule has 0 radical (unpaired) electrons. The van der Waals surface area contributed by atoms with Crippen LogP contribution < -0.4 is 10.3 Å². The van der Waals surface area contributed by atoms with Gasteiger partial charge in [-0.1, -0.05) is 41.4 Å². The number of ether oxygens (including phenoxy) is 1. The molecule has 0 spiro atoms. The number of benzene rings is 2. The second-order valence-corrected chi connectivity index (χ2v) is 9.15. The van der Waals surface area contributed by atoms with E-state index in [2.05, 4.69) is 9.97 Å². The first kappa shape index (κ1) is 21.4. The first-order chi connectivity index (χ1) is 13.7. The van der Waals surface area contributed by atoms with Gasteiger partial charge in [0.2, 0.25) is 15.0 Å². The number of sulfone groups is 1. The van der Waals surface area contributed by atoms with Crippen molar-refractivity contribution in [3.05, 3.63) is 85.2 Å². The number of halogens is 2. The second-order valence-electron chi connectivity index (χ2n) is 6.43. The Bertz CT molecular complexity index is 1190. The van der Waals surface area contributed by atoms with Crippen molar-refractivity contribution in [2.24, 2.45) is 0 Å². The molecular weight excluding hydrogens is 435 g/mol. The first-order valence-electron chi connectivity index (χ1n) is 8.59. The van der Waals surface area contributed by atoms with Crippen LogP contribution in [0.5, 0.6) is 5.75 Å². The van der Waals surface area contributed by atoms with E-state index in [-0.39, 0.29) is 17.3 Å². The van der Waals surface area contributed by atoms with E-state index in [1.807, 2.05) is 0 Å². The summed E-state index contributed by atoms with van der Waals surface area (Å²) in [5, 5.41) is 0.449. The largest absolute Gasteiger partial charge is 0.497 e. The summed E-state index contributed by atoms with van der Waals surface area (Å²) in [4.78, 5) is 19.0. The molecule has 2 aromatic carbocycles. The summed E-state index contributed by atoms with van der Waals surface area (Å²) in [5.74, 6) is 0.307. The first-order valence-corrected chi connectivity index (χ1v) is 11.0. The number of aromatic nitrogens is 2. The van der Waals surface area contributed by atoms with Crippen LogP contribution in [0.1, 0.15) is 22.4 Å². The molecule has 29 heavy (non-hydrogen) atoms. The molecule has 0 aliphatic carbocycles. The fraction of sp³-hybridized carbons (Fsp3) is 0.200. The van der Waals surface area contributed by atoms with Crippen molar-refractivity contribution < 1.29 is 13.2 Å². The average molecular weight is 453 g/mol. The Balaban J connectivity index is 1.98. The van der Waals surface area contributed by atoms with Gasteiger partial charge in [0.25, 0.3) is 5.56 Å². The molecular formula is C20H18Cl2N2O4S. The molecule has 1 N–H and O–H groups in total. The third kappa shape index (κ3) is 4.80. The molecule has 0 bridgehead atoms. The molecule has 0 unspecified atom stereocenters. The summed E-state index contributed by atoms with van der Waals surface area (Å²) in [6, 6.07) is 11.7. The zero-order valence-corrected chi connectivity index (χ0v) is 18.0. The van der Waals surface area contributed by atoms with E-state index in [9.17, 15) is 13.2 Å². The Morgan fingerprint density at radius 3 is 2.28 bits per heavy atom. The molecule has 9 heteroatoms. The maximum Gasteiger partial charge on any atom is 0.254 e. The van der Waals surface area contributed by atoms with Crippen LogP contribution in [0.25, 0.3) is 0 Å². The molecule has 0 atom stereocenters. The van der Waals surface area contributed by atoms with Gasteiger partial charge in [-0.05, 0) is 42.3 Å². The SMILES string of the molecule is COc1ccc(CS(=O)(=O)c2nc(Cc3c(Cl)cccc3Cl)c(C)c(=O)[nH]2)cc1. The van der Waals surface area contributed by atoms with Gasteiger partial charge in [-0.15, -0.1) is 0 Å². The standard InChI is InChI=1S/C20H18Cl2N2O4S/c1-12-18(10-15-16(21)4-3-5-17(15)22)23-20(24-19(12)25)29(26,27)11-13-6-8-14(28-2)9-7-13/h3-9H,10-11H2,1-2H3,(H,23,24,25). The third-order valence-corrected chi connectivity index (χ3v) is 6.65. The number of nitrogens with zero attached hydrogens (tertiary/aromatic N) is 1. The fourth-order valence-corrected chi connectivity index (χ4v) is 4.55. The predicted molar refractivity (Wildman–Crippen MR) is 113 cm³/mol. The number of methoxy groups -OCH3 is 1. The normalized spacial score (nSPS) is 11.4. The Labute approximate surface area is 178 Å². The van der Waals surface area contributed by atoms with E-state index >= 15 is 0 Å². The molecule has 0 saturated carbocycles. The lowest BCUT2D eigenvalue weighted by Crippen LogP contribution is -2.21. The number of hydrogen-bond acceptors (Lipinski definition) is 5. The predicted octanol–water partition coefficient (Wildman–Crippen LogP) is 3.96. The van der Waals surface area contributed by atoms with Gasteiger partial charge in [0.15, 0.2) is 0 Å². The van der Waals surface area contributed by atoms with Gasteiger partial charge in [0, 0.05) is 22.0 Å². The highest BCUT2D eigenvalue weighted by atomic mass is 35.5. The number of hydrogen-bond donors (Lipinski definition) is 1. The Kier molecular flexibility index (Phi) is 6.31. The summed E-state index contributed by atoms with van der Waals surface area (Å²) in [6.07, 6.45) is 0.138. The molecule has 0 saturated heterocycles. The summed E-state index contributed by atoms with van der Waals surface area (Å²) < 4.78 is 30.8. The maximum absolute atomic E-state index is 12.8. The Hall–Kier alpha value is -2.35. The van der Waals surface area contributed by atoms with Crippen LogP contribution in [-0.4, -0.2) is 25.5 Å². The molecule has 0 fully saturated rings.